The number of ether oxygens (including phenoxy) is 2. The summed E-state index contributed by atoms with van der Waals surface area (Å²) in [5.74, 6) is 0.167. The molecule has 1 amide bonds. The molecule has 0 unspecified atom stereocenters. The lowest BCUT2D eigenvalue weighted by Crippen LogP contribution is -2.28. The van der Waals surface area contributed by atoms with Crippen LogP contribution in [0.1, 0.15) is 16.7 Å². The summed E-state index contributed by atoms with van der Waals surface area (Å²) in [5, 5.41) is 2.72. The van der Waals surface area contributed by atoms with Crippen molar-refractivity contribution < 1.29 is 19.1 Å². The predicted octanol–water partition coefficient (Wildman–Crippen LogP) is 4.03. The van der Waals surface area contributed by atoms with E-state index in [2.05, 4.69) is 21.2 Å². The molecule has 144 valence electrons. The molecule has 0 aromatic heterocycles. The van der Waals surface area contributed by atoms with Crippen molar-refractivity contribution in [2.45, 2.75) is 25.3 Å². The summed E-state index contributed by atoms with van der Waals surface area (Å²) in [7, 11) is 1.60. The topological polar surface area (TPSA) is 64.6 Å². The van der Waals surface area contributed by atoms with E-state index in [0.717, 1.165) is 31.8 Å². The van der Waals surface area contributed by atoms with Crippen LogP contribution >= 0.6 is 27.7 Å². The first-order chi connectivity index (χ1) is 12.9. The molecule has 0 atom stereocenters. The van der Waals surface area contributed by atoms with Crippen molar-refractivity contribution >= 4 is 39.6 Å². The van der Waals surface area contributed by atoms with Crippen LogP contribution in [0, 0.1) is 13.8 Å². The Morgan fingerprint density at radius 2 is 1.81 bits per heavy atom. The monoisotopic (exact) mass is 451 g/mol. The highest BCUT2D eigenvalue weighted by atomic mass is 79.9. The van der Waals surface area contributed by atoms with Crippen molar-refractivity contribution in [2.75, 3.05) is 19.5 Å². The van der Waals surface area contributed by atoms with E-state index in [4.69, 9.17) is 9.47 Å². The summed E-state index contributed by atoms with van der Waals surface area (Å²) < 4.78 is 11.2. The SMILES string of the molecule is COc1ccc(CNC(=O)COC(=O)CSc2cc(C)c(Br)cc2C)cc1. The maximum absolute atomic E-state index is 11.9. The van der Waals surface area contributed by atoms with E-state index in [9.17, 15) is 9.59 Å². The Labute approximate surface area is 171 Å². The molecule has 2 aromatic rings. The largest absolute Gasteiger partial charge is 0.497 e. The molecule has 0 bridgehead atoms. The van der Waals surface area contributed by atoms with E-state index in [-0.39, 0.29) is 18.3 Å². The molecule has 1 N–H and O–H groups in total. The van der Waals surface area contributed by atoms with Crippen molar-refractivity contribution in [3.8, 4) is 5.75 Å². The van der Waals surface area contributed by atoms with Gasteiger partial charge in [-0.3, -0.25) is 9.59 Å². The minimum Gasteiger partial charge on any atom is -0.497 e. The molecule has 0 aliphatic rings. The van der Waals surface area contributed by atoms with Gasteiger partial charge in [-0.15, -0.1) is 11.8 Å². The van der Waals surface area contributed by atoms with Crippen LogP contribution in [0.3, 0.4) is 0 Å². The highest BCUT2D eigenvalue weighted by Crippen LogP contribution is 2.28. The number of carbonyl (C=O) groups is 2. The fraction of sp³-hybridized carbons (Fsp3) is 0.300. The second kappa shape index (κ2) is 10.4. The predicted molar refractivity (Wildman–Crippen MR) is 110 cm³/mol. The van der Waals surface area contributed by atoms with E-state index in [0.29, 0.717) is 6.54 Å². The number of amides is 1. The smallest absolute Gasteiger partial charge is 0.316 e. The molecule has 0 saturated carbocycles. The van der Waals surface area contributed by atoms with Crippen molar-refractivity contribution in [3.63, 3.8) is 0 Å². The van der Waals surface area contributed by atoms with Gasteiger partial charge in [0.25, 0.3) is 5.91 Å². The van der Waals surface area contributed by atoms with Gasteiger partial charge in [0.1, 0.15) is 5.75 Å². The number of thioether (sulfide) groups is 1. The van der Waals surface area contributed by atoms with Gasteiger partial charge < -0.3 is 14.8 Å². The molecule has 2 rings (SSSR count). The Morgan fingerprint density at radius 1 is 1.11 bits per heavy atom. The molecule has 5 nitrogen and oxygen atoms in total. The summed E-state index contributed by atoms with van der Waals surface area (Å²) in [5.41, 5.74) is 3.13. The minimum atomic E-state index is -0.417. The zero-order valence-electron chi connectivity index (χ0n) is 15.5. The fourth-order valence-electron chi connectivity index (χ4n) is 2.23. The first kappa shape index (κ1) is 21.3. The van der Waals surface area contributed by atoms with Gasteiger partial charge in [-0.25, -0.2) is 0 Å². The third kappa shape index (κ3) is 6.92. The standard InChI is InChI=1S/C20H22BrNO4S/c1-13-9-18(14(2)8-17(13)21)27-12-20(24)26-11-19(23)22-10-15-4-6-16(25-3)7-5-15/h4-9H,10-12H2,1-3H3,(H,22,23). The Bertz CT molecular complexity index is 808. The van der Waals surface area contributed by atoms with Crippen LogP contribution in [0.25, 0.3) is 0 Å². The molecule has 0 fully saturated rings. The number of esters is 1. The average molecular weight is 452 g/mol. The Kier molecular flexibility index (Phi) is 8.19. The van der Waals surface area contributed by atoms with Crippen LogP contribution < -0.4 is 10.1 Å². The summed E-state index contributed by atoms with van der Waals surface area (Å²) in [6.07, 6.45) is 0. The number of nitrogens with one attached hydrogen (secondary N) is 1. The molecule has 27 heavy (non-hydrogen) atoms. The number of carbonyl (C=O) groups excluding carboxylic acids is 2. The highest BCUT2D eigenvalue weighted by Gasteiger charge is 2.10. The fourth-order valence-corrected chi connectivity index (χ4v) is 3.59. The van der Waals surface area contributed by atoms with Gasteiger partial charge in [0.2, 0.25) is 0 Å². The van der Waals surface area contributed by atoms with Crippen LogP contribution in [-0.2, 0) is 20.9 Å². The van der Waals surface area contributed by atoms with E-state index in [1.807, 2.05) is 50.2 Å². The lowest BCUT2D eigenvalue weighted by molar-refractivity contribution is -0.145. The molecule has 0 aliphatic carbocycles. The number of benzene rings is 2. The van der Waals surface area contributed by atoms with Gasteiger partial charge in [-0.2, -0.15) is 0 Å². The van der Waals surface area contributed by atoms with Crippen LogP contribution in [0.2, 0.25) is 0 Å². The Morgan fingerprint density at radius 3 is 2.48 bits per heavy atom. The molecule has 2 aromatic carbocycles. The Balaban J connectivity index is 1.71. The number of hydrogen-bond acceptors (Lipinski definition) is 5. The van der Waals surface area contributed by atoms with Crippen LogP contribution in [-0.4, -0.2) is 31.3 Å². The van der Waals surface area contributed by atoms with Gasteiger partial charge in [0.05, 0.1) is 12.9 Å². The van der Waals surface area contributed by atoms with Gasteiger partial charge in [-0.05, 0) is 54.8 Å². The lowest BCUT2D eigenvalue weighted by atomic mass is 10.2. The van der Waals surface area contributed by atoms with E-state index in [1.165, 1.54) is 11.8 Å². The van der Waals surface area contributed by atoms with Crippen molar-refractivity contribution in [2.24, 2.45) is 0 Å². The third-order valence-electron chi connectivity index (χ3n) is 3.81. The number of halogens is 1. The second-order valence-electron chi connectivity index (χ2n) is 5.94. The number of aryl methyl sites for hydroxylation is 2. The molecular weight excluding hydrogens is 430 g/mol. The molecule has 0 radical (unpaired) electrons. The molecule has 0 saturated heterocycles. The molecule has 0 spiro atoms. The van der Waals surface area contributed by atoms with Crippen LogP contribution in [0.5, 0.6) is 5.75 Å². The second-order valence-corrected chi connectivity index (χ2v) is 7.81. The normalized spacial score (nSPS) is 10.4. The maximum atomic E-state index is 11.9. The van der Waals surface area contributed by atoms with Gasteiger partial charge in [0.15, 0.2) is 6.61 Å². The third-order valence-corrected chi connectivity index (χ3v) is 5.80. The zero-order valence-corrected chi connectivity index (χ0v) is 17.9. The molecular formula is C20H22BrNO4S. The number of methoxy groups -OCH3 is 1. The Hall–Kier alpha value is -1.99. The van der Waals surface area contributed by atoms with Crippen LogP contribution in [0.15, 0.2) is 45.8 Å². The van der Waals surface area contributed by atoms with Crippen LogP contribution in [0.4, 0.5) is 0 Å². The summed E-state index contributed by atoms with van der Waals surface area (Å²) in [6.45, 7) is 4.07. The highest BCUT2D eigenvalue weighted by molar-refractivity contribution is 9.10. The lowest BCUT2D eigenvalue weighted by Gasteiger charge is -2.09. The quantitative estimate of drug-likeness (QED) is 0.484. The summed E-state index contributed by atoms with van der Waals surface area (Å²) in [4.78, 5) is 24.7. The van der Waals surface area contributed by atoms with Crippen molar-refractivity contribution in [3.05, 3.63) is 57.6 Å². The van der Waals surface area contributed by atoms with Crippen molar-refractivity contribution in [1.29, 1.82) is 0 Å². The minimum absolute atomic E-state index is 0.160. The molecule has 0 heterocycles. The zero-order chi connectivity index (χ0) is 19.8. The van der Waals surface area contributed by atoms with E-state index >= 15 is 0 Å². The molecule has 0 aliphatic heterocycles. The average Bonchev–Trinajstić information content (AvgIpc) is 2.66. The van der Waals surface area contributed by atoms with Gasteiger partial charge >= 0.3 is 5.97 Å². The first-order valence-corrected chi connectivity index (χ1v) is 10.1. The van der Waals surface area contributed by atoms with E-state index < -0.39 is 5.97 Å². The van der Waals surface area contributed by atoms with Gasteiger partial charge in [-0.1, -0.05) is 28.1 Å². The summed E-state index contributed by atoms with van der Waals surface area (Å²) in [6, 6.07) is 11.4. The maximum Gasteiger partial charge on any atom is 0.316 e. The number of rotatable bonds is 8. The molecule has 7 heteroatoms. The summed E-state index contributed by atoms with van der Waals surface area (Å²) >= 11 is 4.89. The van der Waals surface area contributed by atoms with Gasteiger partial charge in [0, 0.05) is 15.9 Å². The first-order valence-electron chi connectivity index (χ1n) is 8.34. The number of hydrogen-bond donors (Lipinski definition) is 1. The van der Waals surface area contributed by atoms with Crippen molar-refractivity contribution in [1.82, 2.24) is 5.32 Å². The van der Waals surface area contributed by atoms with E-state index in [1.54, 1.807) is 7.11 Å².